The van der Waals surface area contributed by atoms with Crippen molar-refractivity contribution in [1.29, 1.82) is 0 Å². The number of benzene rings is 5. The first-order valence-electron chi connectivity index (χ1n) is 15.4. The highest BCUT2D eigenvalue weighted by Gasteiger charge is 2.25. The molecule has 0 spiro atoms. The van der Waals surface area contributed by atoms with Crippen LogP contribution in [0, 0.1) is 13.8 Å². The minimum Gasteiger partial charge on any atom is -0.505 e. The Morgan fingerprint density at radius 1 is 0.846 bits per heavy atom. The number of halogens is 1. The van der Waals surface area contributed by atoms with E-state index >= 15 is 0 Å². The van der Waals surface area contributed by atoms with Crippen LogP contribution in [0.2, 0.25) is 5.28 Å². The molecule has 268 valence electrons. The van der Waals surface area contributed by atoms with Gasteiger partial charge in [-0.15, -0.1) is 10.2 Å². The minimum atomic E-state index is -5.02. The van der Waals surface area contributed by atoms with Gasteiger partial charge in [0.15, 0.2) is 5.75 Å². The number of nitrogens with zero attached hydrogens (tertiary/aromatic N) is 6. The number of aliphatic hydroxyl groups excluding tert-OH is 1. The average Bonchev–Trinajstić information content (AvgIpc) is 3.06. The van der Waals surface area contributed by atoms with Crippen LogP contribution in [-0.4, -0.2) is 64.3 Å². The van der Waals surface area contributed by atoms with Crippen molar-refractivity contribution in [3.05, 3.63) is 101 Å². The van der Waals surface area contributed by atoms with Gasteiger partial charge < -0.3 is 20.4 Å². The zero-order chi connectivity index (χ0) is 37.4. The van der Waals surface area contributed by atoms with Crippen molar-refractivity contribution < 1.29 is 36.2 Å². The lowest BCUT2D eigenvalue weighted by molar-refractivity contribution is 0.300. The maximum atomic E-state index is 12.6. The maximum absolute atomic E-state index is 12.6. The molecule has 1 aromatic heterocycles. The molecule has 0 aliphatic rings. The predicted octanol–water partition coefficient (Wildman–Crippen LogP) is 6.81. The van der Waals surface area contributed by atoms with E-state index in [1.54, 1.807) is 36.1 Å². The van der Waals surface area contributed by atoms with Gasteiger partial charge in [-0.3, -0.25) is 9.11 Å². The summed E-state index contributed by atoms with van der Waals surface area (Å²) >= 11 is 6.31. The molecule has 52 heavy (non-hydrogen) atoms. The van der Waals surface area contributed by atoms with Crippen LogP contribution in [0.15, 0.2) is 98.9 Å². The molecule has 5 N–H and O–H groups in total. The minimum absolute atomic E-state index is 0.0372. The summed E-state index contributed by atoms with van der Waals surface area (Å²) in [5.41, 5.74) is 1.62. The van der Waals surface area contributed by atoms with E-state index in [1.165, 1.54) is 19.1 Å². The van der Waals surface area contributed by atoms with Gasteiger partial charge in [-0.1, -0.05) is 48.5 Å². The second kappa shape index (κ2) is 14.4. The molecule has 0 radical (unpaired) electrons. The molecule has 6 aromatic rings. The van der Waals surface area contributed by atoms with Gasteiger partial charge in [-0.2, -0.15) is 31.8 Å². The molecule has 1 heterocycles. The summed E-state index contributed by atoms with van der Waals surface area (Å²) in [6.07, 6.45) is 0. The second-order valence-corrected chi connectivity index (χ2v) is 14.8. The fourth-order valence-electron chi connectivity index (χ4n) is 5.79. The molecule has 0 fully saturated rings. The summed E-state index contributed by atoms with van der Waals surface area (Å²) in [4.78, 5) is 13.4. The lowest BCUT2D eigenvalue weighted by Gasteiger charge is -2.22. The lowest BCUT2D eigenvalue weighted by atomic mass is 10.0. The van der Waals surface area contributed by atoms with E-state index in [9.17, 15) is 36.2 Å². The Morgan fingerprint density at radius 3 is 2.29 bits per heavy atom. The Morgan fingerprint density at radius 2 is 1.60 bits per heavy atom. The maximum Gasteiger partial charge on any atom is 0.297 e. The largest absolute Gasteiger partial charge is 0.505 e. The molecule has 0 atom stereocenters. The van der Waals surface area contributed by atoms with E-state index < -0.39 is 30.0 Å². The van der Waals surface area contributed by atoms with Crippen LogP contribution in [-0.2, 0) is 26.8 Å². The zero-order valence-corrected chi connectivity index (χ0v) is 29.8. The van der Waals surface area contributed by atoms with E-state index in [0.717, 1.165) is 17.7 Å². The standard InChI is InChI=1S/C34H30ClN7O8S2/c1-19-15-24-23(27(16-19)51(45,46)47)11-12-26(31(24)52(48,49)50)40-41-29-20(2)17-22-9-6-10-25(28(22)30(29)44)36-33-37-32(35)38-34(39-33)42(13-14-43)18-21-7-4-3-5-8-21/h3-12,15-17,43-44H,13-14,18H2,1-2H3,(H,45,46,47)(H,48,49,50)(H,36,37,38,39). The third kappa shape index (κ3) is 7.64. The predicted molar refractivity (Wildman–Crippen MR) is 196 cm³/mol. The summed E-state index contributed by atoms with van der Waals surface area (Å²) < 4.78 is 69.4. The second-order valence-electron chi connectivity index (χ2n) is 11.7. The number of nitrogens with one attached hydrogen (secondary N) is 1. The number of aliphatic hydroxyl groups is 1. The third-order valence-corrected chi connectivity index (χ3v) is 9.99. The molecule has 0 aliphatic heterocycles. The molecular weight excluding hydrogens is 734 g/mol. The molecule has 6 rings (SSSR count). The van der Waals surface area contributed by atoms with Crippen molar-refractivity contribution in [1.82, 2.24) is 15.0 Å². The monoisotopic (exact) mass is 763 g/mol. The van der Waals surface area contributed by atoms with Crippen molar-refractivity contribution in [3.8, 4) is 5.75 Å². The third-order valence-electron chi connectivity index (χ3n) is 7.98. The van der Waals surface area contributed by atoms with Gasteiger partial charge >= 0.3 is 0 Å². The van der Waals surface area contributed by atoms with E-state index in [-0.39, 0.29) is 69.2 Å². The molecule has 0 bridgehead atoms. The van der Waals surface area contributed by atoms with E-state index in [1.807, 2.05) is 30.3 Å². The highest BCUT2D eigenvalue weighted by Crippen LogP contribution is 2.44. The number of aromatic nitrogens is 3. The molecule has 0 amide bonds. The van der Waals surface area contributed by atoms with Crippen LogP contribution in [0.3, 0.4) is 0 Å². The van der Waals surface area contributed by atoms with Gasteiger partial charge in [-0.25, -0.2) is 0 Å². The Bertz CT molecular complexity index is 2610. The first-order chi connectivity index (χ1) is 24.6. The van der Waals surface area contributed by atoms with Gasteiger partial charge in [0.2, 0.25) is 17.2 Å². The fraction of sp³-hybridized carbons (Fsp3) is 0.147. The summed E-state index contributed by atoms with van der Waals surface area (Å²) in [6.45, 7) is 3.54. The SMILES string of the molecule is Cc1cc(S(=O)(=O)O)c2ccc(N=Nc3c(C)cc4cccc(Nc5nc(Cl)nc(N(CCO)Cc6ccccc6)n5)c4c3O)c(S(=O)(=O)O)c2c1. The topological polar surface area (TPSA) is 228 Å². The number of azo groups is 1. The van der Waals surface area contributed by atoms with Crippen LogP contribution in [0.5, 0.6) is 5.75 Å². The molecule has 0 saturated heterocycles. The summed E-state index contributed by atoms with van der Waals surface area (Å²) in [5, 5.41) is 33.0. The average molecular weight is 764 g/mol. The first-order valence-corrected chi connectivity index (χ1v) is 18.7. The summed E-state index contributed by atoms with van der Waals surface area (Å²) in [5.74, 6) is -0.110. The number of hydrogen-bond donors (Lipinski definition) is 5. The van der Waals surface area contributed by atoms with E-state index in [0.29, 0.717) is 23.2 Å². The van der Waals surface area contributed by atoms with Gasteiger partial charge in [0.1, 0.15) is 21.2 Å². The molecule has 15 nitrogen and oxygen atoms in total. The number of phenolic OH excluding ortho intramolecular Hbond substituents is 1. The highest BCUT2D eigenvalue weighted by molar-refractivity contribution is 7.86. The van der Waals surface area contributed by atoms with Crippen LogP contribution in [0.25, 0.3) is 21.5 Å². The molecule has 5 aromatic carbocycles. The van der Waals surface area contributed by atoms with Crippen LogP contribution in [0.4, 0.5) is 29.0 Å². The van der Waals surface area contributed by atoms with Gasteiger partial charge in [0.25, 0.3) is 20.2 Å². The van der Waals surface area contributed by atoms with E-state index in [2.05, 4.69) is 30.5 Å². The molecule has 0 unspecified atom stereocenters. The van der Waals surface area contributed by atoms with Gasteiger partial charge in [-0.05, 0) is 77.9 Å². The van der Waals surface area contributed by atoms with Crippen molar-refractivity contribution in [2.75, 3.05) is 23.4 Å². The van der Waals surface area contributed by atoms with Gasteiger partial charge in [0.05, 0.1) is 12.3 Å². The number of phenols is 1. The Hall–Kier alpha value is -5.30. The van der Waals surface area contributed by atoms with Crippen molar-refractivity contribution in [3.63, 3.8) is 0 Å². The molecular formula is C34H30ClN7O8S2. The number of aromatic hydroxyl groups is 1. The first kappa shape index (κ1) is 36.5. The number of fused-ring (bicyclic) bond motifs is 2. The number of anilines is 3. The zero-order valence-electron chi connectivity index (χ0n) is 27.4. The van der Waals surface area contributed by atoms with Crippen molar-refractivity contribution in [2.24, 2.45) is 10.2 Å². The van der Waals surface area contributed by atoms with Crippen LogP contribution in [0.1, 0.15) is 16.7 Å². The van der Waals surface area contributed by atoms with Crippen molar-refractivity contribution in [2.45, 2.75) is 30.2 Å². The van der Waals surface area contributed by atoms with E-state index in [4.69, 9.17) is 11.6 Å². The number of aryl methyl sites for hydroxylation is 2. The smallest absolute Gasteiger partial charge is 0.297 e. The summed E-state index contributed by atoms with van der Waals surface area (Å²) in [7, 11) is -9.79. The Labute approximate surface area is 302 Å². The number of rotatable bonds is 11. The molecule has 18 heteroatoms. The van der Waals surface area contributed by atoms with Crippen LogP contribution < -0.4 is 10.2 Å². The Kier molecular flexibility index (Phi) is 10.1. The molecule has 0 aliphatic carbocycles. The summed E-state index contributed by atoms with van der Waals surface area (Å²) in [6, 6.07) is 21.2. The lowest BCUT2D eigenvalue weighted by Crippen LogP contribution is -2.28. The number of hydrogen-bond acceptors (Lipinski definition) is 13. The van der Waals surface area contributed by atoms with Crippen LogP contribution >= 0.6 is 11.6 Å². The quantitative estimate of drug-likeness (QED) is 0.0676. The normalized spacial score (nSPS) is 12.2. The van der Waals surface area contributed by atoms with Crippen molar-refractivity contribution >= 4 is 82.3 Å². The molecule has 0 saturated carbocycles. The van der Waals surface area contributed by atoms with Gasteiger partial charge in [0, 0.05) is 29.2 Å². The highest BCUT2D eigenvalue weighted by atomic mass is 35.5. The fourth-order valence-corrected chi connectivity index (χ4v) is 7.56. The Balaban J connectivity index is 1.42.